The average Bonchev–Trinajstić information content (AvgIpc) is 3.20. The van der Waals surface area contributed by atoms with Crippen LogP contribution in [0.5, 0.6) is 11.5 Å². The van der Waals surface area contributed by atoms with Gasteiger partial charge in [0.25, 0.3) is 0 Å². The third-order valence-corrected chi connectivity index (χ3v) is 5.03. The third-order valence-electron chi connectivity index (χ3n) is 5.03. The molecule has 8 heteroatoms. The first-order valence-electron chi connectivity index (χ1n) is 10.3. The number of H-pyrrole nitrogens is 1. The first-order chi connectivity index (χ1) is 15.0. The zero-order valence-electron chi connectivity index (χ0n) is 17.9. The second kappa shape index (κ2) is 10.6. The van der Waals surface area contributed by atoms with E-state index in [1.807, 2.05) is 38.4 Å². The van der Waals surface area contributed by atoms with Crippen LogP contribution in [0.3, 0.4) is 0 Å². The standard InChI is InChI=1S/C23H28N6O2/c1-29(2)11-3-9-27-23(30)17(13-24)12-16-4-6-19(7-5-16)31-20-8-10-26-22-21(20)18(14-25)15-28-22/h4-8,10,15,17H,3,9,11-13,24H2,1-2H3,(H,26,28)(H,27,30). The molecule has 0 spiro atoms. The number of nitrogens with two attached hydrogens (primary N) is 1. The number of nitrogens with one attached hydrogen (secondary N) is 2. The maximum absolute atomic E-state index is 12.4. The van der Waals surface area contributed by atoms with Crippen molar-refractivity contribution in [1.29, 1.82) is 5.26 Å². The Balaban J connectivity index is 1.62. The molecule has 2 aromatic heterocycles. The minimum atomic E-state index is -0.274. The van der Waals surface area contributed by atoms with E-state index < -0.39 is 0 Å². The molecule has 0 aliphatic carbocycles. The highest BCUT2D eigenvalue weighted by Crippen LogP contribution is 2.31. The minimum absolute atomic E-state index is 0.0164. The molecule has 0 bridgehead atoms. The highest BCUT2D eigenvalue weighted by atomic mass is 16.5. The summed E-state index contributed by atoms with van der Waals surface area (Å²) >= 11 is 0. The van der Waals surface area contributed by atoms with Crippen LogP contribution in [-0.4, -0.2) is 54.5 Å². The van der Waals surface area contributed by atoms with Gasteiger partial charge in [-0.3, -0.25) is 4.79 Å². The Hall–Kier alpha value is -3.41. The van der Waals surface area contributed by atoms with Crippen molar-refractivity contribution >= 4 is 16.9 Å². The molecule has 0 aliphatic heterocycles. The Bertz CT molecular complexity index is 1050. The summed E-state index contributed by atoms with van der Waals surface area (Å²) in [5.41, 5.74) is 7.94. The van der Waals surface area contributed by atoms with Crippen molar-refractivity contribution in [1.82, 2.24) is 20.2 Å². The van der Waals surface area contributed by atoms with Crippen LogP contribution in [0.2, 0.25) is 0 Å². The SMILES string of the molecule is CN(C)CCCNC(=O)C(CN)Cc1ccc(Oc2ccnc3[nH]cc(C#N)c23)cc1. The fraction of sp³-hybridized carbons (Fsp3) is 0.348. The van der Waals surface area contributed by atoms with E-state index in [9.17, 15) is 10.1 Å². The van der Waals surface area contributed by atoms with E-state index in [4.69, 9.17) is 10.5 Å². The van der Waals surface area contributed by atoms with Crippen molar-refractivity contribution in [2.24, 2.45) is 11.7 Å². The van der Waals surface area contributed by atoms with E-state index in [-0.39, 0.29) is 18.4 Å². The van der Waals surface area contributed by atoms with Crippen molar-refractivity contribution in [2.75, 3.05) is 33.7 Å². The lowest BCUT2D eigenvalue weighted by atomic mass is 9.98. The lowest BCUT2D eigenvalue weighted by molar-refractivity contribution is -0.124. The predicted octanol–water partition coefficient (Wildman–Crippen LogP) is 2.41. The van der Waals surface area contributed by atoms with Gasteiger partial charge in [0, 0.05) is 25.5 Å². The molecule has 0 saturated heterocycles. The number of aromatic amines is 1. The Morgan fingerprint density at radius 3 is 2.77 bits per heavy atom. The number of amides is 1. The largest absolute Gasteiger partial charge is 0.456 e. The van der Waals surface area contributed by atoms with Crippen LogP contribution in [0.4, 0.5) is 0 Å². The monoisotopic (exact) mass is 420 g/mol. The van der Waals surface area contributed by atoms with Gasteiger partial charge in [0.05, 0.1) is 16.9 Å². The van der Waals surface area contributed by atoms with E-state index in [1.54, 1.807) is 18.5 Å². The lowest BCUT2D eigenvalue weighted by Crippen LogP contribution is -2.37. The van der Waals surface area contributed by atoms with Gasteiger partial charge < -0.3 is 25.7 Å². The van der Waals surface area contributed by atoms with Gasteiger partial charge in [-0.2, -0.15) is 5.26 Å². The summed E-state index contributed by atoms with van der Waals surface area (Å²) < 4.78 is 5.99. The summed E-state index contributed by atoms with van der Waals surface area (Å²) in [6.45, 7) is 1.86. The maximum Gasteiger partial charge on any atom is 0.224 e. The highest BCUT2D eigenvalue weighted by Gasteiger charge is 2.17. The normalized spacial score (nSPS) is 12.0. The predicted molar refractivity (Wildman–Crippen MR) is 120 cm³/mol. The summed E-state index contributed by atoms with van der Waals surface area (Å²) in [7, 11) is 4.02. The van der Waals surface area contributed by atoms with E-state index >= 15 is 0 Å². The van der Waals surface area contributed by atoms with Crippen molar-refractivity contribution in [2.45, 2.75) is 12.8 Å². The summed E-state index contributed by atoms with van der Waals surface area (Å²) in [5.74, 6) is 0.910. The molecule has 8 nitrogen and oxygen atoms in total. The molecule has 1 amide bonds. The number of benzene rings is 1. The Morgan fingerprint density at radius 1 is 1.32 bits per heavy atom. The first kappa shape index (κ1) is 22.3. The highest BCUT2D eigenvalue weighted by molar-refractivity contribution is 5.88. The van der Waals surface area contributed by atoms with Crippen molar-refractivity contribution < 1.29 is 9.53 Å². The number of rotatable bonds is 10. The van der Waals surface area contributed by atoms with Crippen LogP contribution in [0.25, 0.3) is 11.0 Å². The Morgan fingerprint density at radius 2 is 2.10 bits per heavy atom. The quantitative estimate of drug-likeness (QED) is 0.433. The summed E-state index contributed by atoms with van der Waals surface area (Å²) in [6, 6.07) is 11.4. The van der Waals surface area contributed by atoms with Gasteiger partial charge in [0.1, 0.15) is 23.2 Å². The second-order valence-corrected chi connectivity index (χ2v) is 7.68. The van der Waals surface area contributed by atoms with Gasteiger partial charge in [-0.1, -0.05) is 12.1 Å². The van der Waals surface area contributed by atoms with Crippen LogP contribution in [0.1, 0.15) is 17.5 Å². The smallest absolute Gasteiger partial charge is 0.224 e. The number of nitrogens with zero attached hydrogens (tertiary/aromatic N) is 3. The van der Waals surface area contributed by atoms with E-state index in [0.717, 1.165) is 18.5 Å². The number of hydrogen-bond donors (Lipinski definition) is 3. The molecule has 3 rings (SSSR count). The molecule has 1 unspecified atom stereocenters. The number of carbonyl (C=O) groups is 1. The molecular weight excluding hydrogens is 392 g/mol. The van der Waals surface area contributed by atoms with Crippen LogP contribution in [-0.2, 0) is 11.2 Å². The van der Waals surface area contributed by atoms with Crippen LogP contribution in [0.15, 0.2) is 42.7 Å². The van der Waals surface area contributed by atoms with Crippen LogP contribution in [0, 0.1) is 17.2 Å². The Kier molecular flexibility index (Phi) is 7.60. The number of aromatic nitrogens is 2. The molecule has 31 heavy (non-hydrogen) atoms. The number of carbonyl (C=O) groups excluding carboxylic acids is 1. The van der Waals surface area contributed by atoms with Gasteiger partial charge in [-0.05, 0) is 57.2 Å². The zero-order chi connectivity index (χ0) is 22.2. The van der Waals surface area contributed by atoms with Crippen LogP contribution >= 0.6 is 0 Å². The number of ether oxygens (including phenoxy) is 1. The van der Waals surface area contributed by atoms with Gasteiger partial charge >= 0.3 is 0 Å². The zero-order valence-corrected chi connectivity index (χ0v) is 17.9. The molecule has 1 atom stereocenters. The minimum Gasteiger partial charge on any atom is -0.456 e. The van der Waals surface area contributed by atoms with Crippen molar-refractivity contribution in [3.8, 4) is 17.6 Å². The first-order valence-corrected chi connectivity index (χ1v) is 10.3. The molecular formula is C23H28N6O2. The number of fused-ring (bicyclic) bond motifs is 1. The molecule has 3 aromatic rings. The summed E-state index contributed by atoms with van der Waals surface area (Å²) in [6.07, 6.45) is 4.71. The topological polar surface area (TPSA) is 120 Å². The molecule has 0 saturated carbocycles. The van der Waals surface area contributed by atoms with Gasteiger partial charge in [-0.15, -0.1) is 0 Å². The van der Waals surface area contributed by atoms with E-state index in [0.29, 0.717) is 41.1 Å². The Labute approximate surface area is 182 Å². The van der Waals surface area contributed by atoms with Gasteiger partial charge in [0.2, 0.25) is 5.91 Å². The molecule has 4 N–H and O–H groups in total. The van der Waals surface area contributed by atoms with Gasteiger partial charge in [-0.25, -0.2) is 4.98 Å². The molecule has 162 valence electrons. The fourth-order valence-electron chi connectivity index (χ4n) is 3.34. The third kappa shape index (κ3) is 5.81. The summed E-state index contributed by atoms with van der Waals surface area (Å²) in [4.78, 5) is 21.7. The van der Waals surface area contributed by atoms with Gasteiger partial charge in [0.15, 0.2) is 0 Å². The number of hydrogen-bond acceptors (Lipinski definition) is 6. The van der Waals surface area contributed by atoms with E-state index in [2.05, 4.69) is 26.3 Å². The molecule has 2 heterocycles. The molecule has 0 aliphatic rings. The van der Waals surface area contributed by atoms with Crippen molar-refractivity contribution in [3.05, 3.63) is 53.9 Å². The van der Waals surface area contributed by atoms with Crippen molar-refractivity contribution in [3.63, 3.8) is 0 Å². The molecule has 1 aromatic carbocycles. The number of pyridine rings is 1. The molecule has 0 radical (unpaired) electrons. The second-order valence-electron chi connectivity index (χ2n) is 7.68. The average molecular weight is 421 g/mol. The molecule has 0 fully saturated rings. The summed E-state index contributed by atoms with van der Waals surface area (Å²) in [5, 5.41) is 12.9. The maximum atomic E-state index is 12.4. The lowest BCUT2D eigenvalue weighted by Gasteiger charge is -2.16. The fourth-order valence-corrected chi connectivity index (χ4v) is 3.34. The van der Waals surface area contributed by atoms with E-state index in [1.165, 1.54) is 0 Å². The number of nitriles is 1. The van der Waals surface area contributed by atoms with Crippen LogP contribution < -0.4 is 15.8 Å².